The molecule has 1 aromatic heterocycles. The summed E-state index contributed by atoms with van der Waals surface area (Å²) in [5, 5.41) is 0. The minimum absolute atomic E-state index is 0.112. The van der Waals surface area contributed by atoms with Gasteiger partial charge < -0.3 is 0 Å². The van der Waals surface area contributed by atoms with Crippen molar-refractivity contribution >= 4 is 5.78 Å². The van der Waals surface area contributed by atoms with Crippen molar-refractivity contribution < 1.29 is 13.6 Å². The van der Waals surface area contributed by atoms with Gasteiger partial charge in [-0.2, -0.15) is 8.78 Å². The Morgan fingerprint density at radius 2 is 2.08 bits per heavy atom. The molecular weight excluding hydrogens is 176 g/mol. The first-order valence-corrected chi connectivity index (χ1v) is 4.02. The summed E-state index contributed by atoms with van der Waals surface area (Å²) >= 11 is 0. The maximum absolute atomic E-state index is 12.1. The van der Waals surface area contributed by atoms with Crippen molar-refractivity contribution in [2.24, 2.45) is 5.92 Å². The minimum atomic E-state index is -2.58. The number of carbonyl (C=O) groups excluding carboxylic acids is 1. The van der Waals surface area contributed by atoms with Crippen molar-refractivity contribution in [2.75, 3.05) is 0 Å². The zero-order valence-electron chi connectivity index (χ0n) is 7.50. The second kappa shape index (κ2) is 3.68. The van der Waals surface area contributed by atoms with Gasteiger partial charge in [0.1, 0.15) is 0 Å². The Morgan fingerprint density at radius 3 is 2.46 bits per heavy atom. The van der Waals surface area contributed by atoms with Gasteiger partial charge in [-0.25, -0.2) is 0 Å². The largest absolute Gasteiger partial charge is 0.318 e. The number of nitrogens with zero attached hydrogens (tertiary/aromatic N) is 1. The van der Waals surface area contributed by atoms with Crippen molar-refractivity contribution in [2.45, 2.75) is 20.4 Å². The van der Waals surface area contributed by atoms with E-state index in [0.29, 0.717) is 5.56 Å². The van der Waals surface area contributed by atoms with Crippen LogP contribution >= 0.6 is 0 Å². The molecule has 72 valence electrons. The molecule has 1 aromatic rings. The van der Waals surface area contributed by atoms with Crippen molar-refractivity contribution in [3.8, 4) is 0 Å². The first-order chi connectivity index (χ1) is 6.02. The molecule has 13 heavy (non-hydrogen) atoms. The van der Waals surface area contributed by atoms with Crippen LogP contribution in [0.1, 0.15) is 30.8 Å². The number of rotatable bonds is 3. The Morgan fingerprint density at radius 1 is 1.46 bits per heavy atom. The van der Waals surface area contributed by atoms with Gasteiger partial charge in [0.05, 0.1) is 0 Å². The van der Waals surface area contributed by atoms with Gasteiger partial charge in [-0.15, -0.1) is 0 Å². The predicted molar refractivity (Wildman–Crippen MR) is 44.9 cm³/mol. The highest BCUT2D eigenvalue weighted by Gasteiger charge is 2.13. The highest BCUT2D eigenvalue weighted by Crippen LogP contribution is 2.14. The summed E-state index contributed by atoms with van der Waals surface area (Å²) in [4.78, 5) is 11.3. The molecule has 0 amide bonds. The molecule has 0 aromatic carbocycles. The number of alkyl halides is 2. The quantitative estimate of drug-likeness (QED) is 0.667. The monoisotopic (exact) mass is 187 g/mol. The molecule has 0 unspecified atom stereocenters. The highest BCUT2D eigenvalue weighted by molar-refractivity contribution is 5.97. The van der Waals surface area contributed by atoms with E-state index >= 15 is 0 Å². The fourth-order valence-electron chi connectivity index (χ4n) is 1.01. The van der Waals surface area contributed by atoms with Gasteiger partial charge in [0.25, 0.3) is 0 Å². The summed E-state index contributed by atoms with van der Waals surface area (Å²) in [6.07, 6.45) is 2.38. The van der Waals surface area contributed by atoms with E-state index < -0.39 is 6.55 Å². The molecule has 0 atom stereocenters. The van der Waals surface area contributed by atoms with E-state index in [1.165, 1.54) is 18.5 Å². The van der Waals surface area contributed by atoms with E-state index in [1.807, 2.05) is 0 Å². The molecule has 0 aliphatic carbocycles. The number of hydrogen-bond donors (Lipinski definition) is 0. The van der Waals surface area contributed by atoms with Crippen LogP contribution in [0, 0.1) is 5.92 Å². The molecule has 2 nitrogen and oxygen atoms in total. The first-order valence-electron chi connectivity index (χ1n) is 4.02. The van der Waals surface area contributed by atoms with Crippen molar-refractivity contribution in [3.63, 3.8) is 0 Å². The predicted octanol–water partition coefficient (Wildman–Crippen LogP) is 2.72. The fourth-order valence-corrected chi connectivity index (χ4v) is 1.01. The van der Waals surface area contributed by atoms with E-state index in [-0.39, 0.29) is 11.7 Å². The zero-order chi connectivity index (χ0) is 10.0. The van der Waals surface area contributed by atoms with E-state index in [1.54, 1.807) is 13.8 Å². The number of aromatic nitrogens is 1. The van der Waals surface area contributed by atoms with Crippen molar-refractivity contribution in [1.82, 2.24) is 4.57 Å². The molecule has 0 bridgehead atoms. The summed E-state index contributed by atoms with van der Waals surface area (Å²) in [6, 6.07) is 1.41. The molecule has 0 saturated carbocycles. The smallest absolute Gasteiger partial charge is 0.298 e. The average Bonchev–Trinajstić information content (AvgIpc) is 2.50. The topological polar surface area (TPSA) is 22.0 Å². The van der Waals surface area contributed by atoms with E-state index in [2.05, 4.69) is 0 Å². The molecule has 0 aliphatic heterocycles. The lowest BCUT2D eigenvalue weighted by Gasteiger charge is -2.00. The van der Waals surface area contributed by atoms with Crippen molar-refractivity contribution in [3.05, 3.63) is 24.0 Å². The molecule has 0 radical (unpaired) electrons. The third kappa shape index (κ3) is 2.14. The molecule has 0 N–H and O–H groups in total. The maximum atomic E-state index is 12.1. The van der Waals surface area contributed by atoms with Crippen LogP contribution in [0.5, 0.6) is 0 Å². The van der Waals surface area contributed by atoms with Crippen LogP contribution in [0.15, 0.2) is 18.5 Å². The number of hydrogen-bond acceptors (Lipinski definition) is 1. The van der Waals surface area contributed by atoms with Gasteiger partial charge in [0, 0.05) is 23.9 Å². The second-order valence-corrected chi connectivity index (χ2v) is 3.14. The third-order valence-electron chi connectivity index (χ3n) is 1.75. The number of ketones is 1. The van der Waals surface area contributed by atoms with E-state index in [9.17, 15) is 13.6 Å². The number of halogens is 2. The molecule has 0 spiro atoms. The van der Waals surface area contributed by atoms with Crippen LogP contribution < -0.4 is 0 Å². The Kier molecular flexibility index (Phi) is 2.80. The van der Waals surface area contributed by atoms with Crippen LogP contribution in [0.25, 0.3) is 0 Å². The van der Waals surface area contributed by atoms with Crippen LogP contribution in [-0.2, 0) is 0 Å². The Labute approximate surface area is 75.2 Å². The van der Waals surface area contributed by atoms with Crippen LogP contribution in [0.3, 0.4) is 0 Å². The van der Waals surface area contributed by atoms with Gasteiger partial charge in [-0.05, 0) is 6.07 Å². The second-order valence-electron chi connectivity index (χ2n) is 3.14. The summed E-state index contributed by atoms with van der Waals surface area (Å²) < 4.78 is 24.9. The fraction of sp³-hybridized carbons (Fsp3) is 0.444. The van der Waals surface area contributed by atoms with E-state index in [0.717, 1.165) is 4.57 Å². The lowest BCUT2D eigenvalue weighted by atomic mass is 10.0. The number of Topliss-reactive ketones (excluding diaryl/α,β-unsaturated/α-hetero) is 1. The molecular formula is C9H11F2NO. The molecule has 1 heterocycles. The summed E-state index contributed by atoms with van der Waals surface area (Å²) in [7, 11) is 0. The molecule has 4 heteroatoms. The SMILES string of the molecule is CC(C)C(=O)c1ccn(C(F)F)c1. The summed E-state index contributed by atoms with van der Waals surface area (Å²) in [5.74, 6) is -0.270. The first kappa shape index (κ1) is 9.89. The Hall–Kier alpha value is -1.19. The van der Waals surface area contributed by atoms with Crippen LogP contribution in [-0.4, -0.2) is 10.4 Å². The van der Waals surface area contributed by atoms with Gasteiger partial charge in [0.2, 0.25) is 0 Å². The lowest BCUT2D eigenvalue weighted by molar-refractivity contribution is 0.0705. The maximum Gasteiger partial charge on any atom is 0.318 e. The molecule has 1 rings (SSSR count). The third-order valence-corrected chi connectivity index (χ3v) is 1.75. The average molecular weight is 187 g/mol. The normalized spacial score (nSPS) is 11.2. The van der Waals surface area contributed by atoms with Crippen LogP contribution in [0.4, 0.5) is 8.78 Å². The minimum Gasteiger partial charge on any atom is -0.298 e. The molecule has 0 fully saturated rings. The van der Waals surface area contributed by atoms with E-state index in [4.69, 9.17) is 0 Å². The Balaban J connectivity index is 2.86. The van der Waals surface area contributed by atoms with Crippen LogP contribution in [0.2, 0.25) is 0 Å². The Bertz CT molecular complexity index is 304. The lowest BCUT2D eigenvalue weighted by Crippen LogP contribution is -2.06. The molecule has 0 aliphatic rings. The highest BCUT2D eigenvalue weighted by atomic mass is 19.3. The standard InChI is InChI=1S/C9H11F2NO/c1-6(2)8(13)7-3-4-12(5-7)9(10)11/h3-6,9H,1-2H3. The van der Waals surface area contributed by atoms with Crippen molar-refractivity contribution in [1.29, 1.82) is 0 Å². The number of carbonyl (C=O) groups is 1. The summed E-state index contributed by atoms with van der Waals surface area (Å²) in [6.45, 7) is 0.901. The van der Waals surface area contributed by atoms with Gasteiger partial charge in [0.15, 0.2) is 5.78 Å². The zero-order valence-corrected chi connectivity index (χ0v) is 7.50. The van der Waals surface area contributed by atoms with Gasteiger partial charge >= 0.3 is 6.55 Å². The summed E-state index contributed by atoms with van der Waals surface area (Å²) in [5.41, 5.74) is 0.343. The van der Waals surface area contributed by atoms with Gasteiger partial charge in [-0.1, -0.05) is 13.8 Å². The van der Waals surface area contributed by atoms with Gasteiger partial charge in [-0.3, -0.25) is 9.36 Å². The molecule has 0 saturated heterocycles.